The highest BCUT2D eigenvalue weighted by Crippen LogP contribution is 2.32. The molecule has 1 atom stereocenters. The van der Waals surface area contributed by atoms with Crippen molar-refractivity contribution in [3.05, 3.63) is 36.4 Å². The molecule has 3 rings (SSSR count). The van der Waals surface area contributed by atoms with E-state index in [1.807, 2.05) is 18.2 Å². The van der Waals surface area contributed by atoms with Crippen LogP contribution in [0.5, 0.6) is 5.75 Å². The summed E-state index contributed by atoms with van der Waals surface area (Å²) >= 11 is 0. The second-order valence-corrected chi connectivity index (χ2v) is 5.70. The van der Waals surface area contributed by atoms with Crippen LogP contribution < -0.4 is 10.1 Å². The van der Waals surface area contributed by atoms with E-state index in [-0.39, 0.29) is 17.7 Å². The van der Waals surface area contributed by atoms with Gasteiger partial charge in [0, 0.05) is 30.8 Å². The molecule has 5 heteroatoms. The highest BCUT2D eigenvalue weighted by atomic mass is 16.5. The molecule has 2 amide bonds. The number of likely N-dealkylation sites (tertiary alicyclic amines) is 1. The van der Waals surface area contributed by atoms with Crippen LogP contribution in [0.1, 0.15) is 18.4 Å². The van der Waals surface area contributed by atoms with Crippen LogP contribution in [-0.2, 0) is 16.0 Å². The van der Waals surface area contributed by atoms with Crippen LogP contribution in [0.25, 0.3) is 0 Å². The van der Waals surface area contributed by atoms with Gasteiger partial charge in [0.1, 0.15) is 5.75 Å². The number of benzene rings is 1. The number of nitrogens with one attached hydrogen (secondary N) is 1. The Morgan fingerprint density at radius 1 is 1.41 bits per heavy atom. The van der Waals surface area contributed by atoms with Crippen molar-refractivity contribution in [1.29, 1.82) is 0 Å². The molecule has 1 aromatic carbocycles. The number of fused-ring (bicyclic) bond motifs is 1. The Kier molecular flexibility index (Phi) is 4.13. The SMILES string of the molecule is C=CC(=O)N1CCC[C@@H](C(=O)Nc2cccc3c2CCO3)C1. The number of amides is 2. The number of piperidine rings is 1. The van der Waals surface area contributed by atoms with Gasteiger partial charge in [0.05, 0.1) is 12.5 Å². The Labute approximate surface area is 129 Å². The molecule has 1 N–H and O–H groups in total. The van der Waals surface area contributed by atoms with Gasteiger partial charge in [-0.2, -0.15) is 0 Å². The second kappa shape index (κ2) is 6.22. The topological polar surface area (TPSA) is 58.6 Å². The van der Waals surface area contributed by atoms with E-state index in [0.29, 0.717) is 19.7 Å². The van der Waals surface area contributed by atoms with Gasteiger partial charge < -0.3 is 15.0 Å². The van der Waals surface area contributed by atoms with Gasteiger partial charge in [-0.15, -0.1) is 0 Å². The Morgan fingerprint density at radius 3 is 3.09 bits per heavy atom. The van der Waals surface area contributed by atoms with Crippen molar-refractivity contribution in [3.8, 4) is 5.75 Å². The molecule has 0 bridgehead atoms. The minimum absolute atomic E-state index is 0.0261. The average Bonchev–Trinajstić information content (AvgIpc) is 3.04. The number of hydrogen-bond donors (Lipinski definition) is 1. The molecule has 0 radical (unpaired) electrons. The zero-order chi connectivity index (χ0) is 15.5. The fourth-order valence-corrected chi connectivity index (χ4v) is 3.09. The van der Waals surface area contributed by atoms with Gasteiger partial charge in [0.2, 0.25) is 11.8 Å². The van der Waals surface area contributed by atoms with Gasteiger partial charge in [0.25, 0.3) is 0 Å². The first kappa shape index (κ1) is 14.6. The summed E-state index contributed by atoms with van der Waals surface area (Å²) in [5, 5.41) is 3.01. The van der Waals surface area contributed by atoms with E-state index in [9.17, 15) is 9.59 Å². The van der Waals surface area contributed by atoms with E-state index in [2.05, 4.69) is 11.9 Å². The number of nitrogens with zero attached hydrogens (tertiary/aromatic N) is 1. The van der Waals surface area contributed by atoms with Crippen LogP contribution >= 0.6 is 0 Å². The van der Waals surface area contributed by atoms with E-state index in [1.165, 1.54) is 6.08 Å². The predicted molar refractivity (Wildman–Crippen MR) is 83.8 cm³/mol. The molecule has 5 nitrogen and oxygen atoms in total. The Bertz CT molecular complexity index is 612. The third-order valence-electron chi connectivity index (χ3n) is 4.28. The first-order valence-electron chi connectivity index (χ1n) is 7.66. The molecule has 22 heavy (non-hydrogen) atoms. The number of carbonyl (C=O) groups is 2. The Balaban J connectivity index is 1.68. The van der Waals surface area contributed by atoms with Crippen LogP contribution in [-0.4, -0.2) is 36.4 Å². The molecular weight excluding hydrogens is 280 g/mol. The molecule has 0 aromatic heterocycles. The molecule has 2 aliphatic rings. The molecule has 2 aliphatic heterocycles. The van der Waals surface area contributed by atoms with E-state index in [4.69, 9.17) is 4.74 Å². The lowest BCUT2D eigenvalue weighted by Crippen LogP contribution is -2.43. The summed E-state index contributed by atoms with van der Waals surface area (Å²) in [6, 6.07) is 5.71. The summed E-state index contributed by atoms with van der Waals surface area (Å²) in [6.45, 7) is 5.33. The monoisotopic (exact) mass is 300 g/mol. The summed E-state index contributed by atoms with van der Waals surface area (Å²) in [6.07, 6.45) is 3.77. The van der Waals surface area contributed by atoms with E-state index in [0.717, 1.165) is 36.3 Å². The third-order valence-corrected chi connectivity index (χ3v) is 4.28. The van der Waals surface area contributed by atoms with Crippen LogP contribution in [0, 0.1) is 5.92 Å². The van der Waals surface area contributed by atoms with Crippen LogP contribution in [0.4, 0.5) is 5.69 Å². The van der Waals surface area contributed by atoms with Crippen molar-refractivity contribution in [2.75, 3.05) is 25.0 Å². The van der Waals surface area contributed by atoms with E-state index in [1.54, 1.807) is 4.90 Å². The molecule has 1 aromatic rings. The average molecular weight is 300 g/mol. The lowest BCUT2D eigenvalue weighted by Gasteiger charge is -2.31. The van der Waals surface area contributed by atoms with Crippen molar-refractivity contribution < 1.29 is 14.3 Å². The van der Waals surface area contributed by atoms with Crippen LogP contribution in [0.2, 0.25) is 0 Å². The molecule has 116 valence electrons. The van der Waals surface area contributed by atoms with Gasteiger partial charge in [-0.05, 0) is 31.1 Å². The van der Waals surface area contributed by atoms with Crippen LogP contribution in [0.15, 0.2) is 30.9 Å². The molecular formula is C17H20N2O3. The zero-order valence-electron chi connectivity index (χ0n) is 12.5. The molecule has 2 heterocycles. The highest BCUT2D eigenvalue weighted by molar-refractivity contribution is 5.94. The fourth-order valence-electron chi connectivity index (χ4n) is 3.09. The fraction of sp³-hybridized carbons (Fsp3) is 0.412. The standard InChI is InChI=1S/C17H20N2O3/c1-2-16(20)19-9-4-5-12(11-19)17(21)18-14-6-3-7-15-13(14)8-10-22-15/h2-3,6-7,12H,1,4-5,8-11H2,(H,18,21)/t12-/m1/s1. The summed E-state index contributed by atoms with van der Waals surface area (Å²) < 4.78 is 5.51. The van der Waals surface area contributed by atoms with Gasteiger partial charge in [0.15, 0.2) is 0 Å². The highest BCUT2D eigenvalue weighted by Gasteiger charge is 2.28. The normalized spacial score (nSPS) is 20.0. The summed E-state index contributed by atoms with van der Waals surface area (Å²) in [5.74, 6) is 0.550. The lowest BCUT2D eigenvalue weighted by molar-refractivity contribution is -0.130. The maximum absolute atomic E-state index is 12.5. The van der Waals surface area contributed by atoms with Crippen molar-refractivity contribution in [1.82, 2.24) is 4.90 Å². The Morgan fingerprint density at radius 2 is 2.27 bits per heavy atom. The molecule has 0 aliphatic carbocycles. The van der Waals surface area contributed by atoms with Crippen molar-refractivity contribution >= 4 is 17.5 Å². The number of anilines is 1. The molecule has 1 fully saturated rings. The van der Waals surface area contributed by atoms with E-state index >= 15 is 0 Å². The van der Waals surface area contributed by atoms with Gasteiger partial charge in [-0.3, -0.25) is 9.59 Å². The molecule has 0 unspecified atom stereocenters. The first-order valence-corrected chi connectivity index (χ1v) is 7.66. The molecule has 0 saturated carbocycles. The predicted octanol–water partition coefficient (Wildman–Crippen LogP) is 1.98. The minimum Gasteiger partial charge on any atom is -0.493 e. The first-order chi connectivity index (χ1) is 10.7. The number of carbonyl (C=O) groups excluding carboxylic acids is 2. The largest absolute Gasteiger partial charge is 0.493 e. The molecule has 1 saturated heterocycles. The van der Waals surface area contributed by atoms with Crippen molar-refractivity contribution in [2.45, 2.75) is 19.3 Å². The molecule has 0 spiro atoms. The number of ether oxygens (including phenoxy) is 1. The lowest BCUT2D eigenvalue weighted by atomic mass is 9.96. The summed E-state index contributed by atoms with van der Waals surface area (Å²) in [5.41, 5.74) is 1.89. The maximum atomic E-state index is 12.5. The Hall–Kier alpha value is -2.30. The van der Waals surface area contributed by atoms with Gasteiger partial charge in [-0.1, -0.05) is 12.6 Å². The van der Waals surface area contributed by atoms with Crippen molar-refractivity contribution in [3.63, 3.8) is 0 Å². The number of hydrogen-bond acceptors (Lipinski definition) is 3. The van der Waals surface area contributed by atoms with Gasteiger partial charge >= 0.3 is 0 Å². The number of rotatable bonds is 3. The summed E-state index contributed by atoms with van der Waals surface area (Å²) in [4.78, 5) is 25.9. The smallest absolute Gasteiger partial charge is 0.245 e. The van der Waals surface area contributed by atoms with Crippen LogP contribution in [0.3, 0.4) is 0 Å². The second-order valence-electron chi connectivity index (χ2n) is 5.70. The minimum atomic E-state index is -0.171. The third kappa shape index (κ3) is 2.84. The van der Waals surface area contributed by atoms with Gasteiger partial charge in [-0.25, -0.2) is 0 Å². The van der Waals surface area contributed by atoms with Crippen molar-refractivity contribution in [2.24, 2.45) is 5.92 Å². The quantitative estimate of drug-likeness (QED) is 0.868. The maximum Gasteiger partial charge on any atom is 0.245 e. The zero-order valence-corrected chi connectivity index (χ0v) is 12.5. The van der Waals surface area contributed by atoms with E-state index < -0.39 is 0 Å². The summed E-state index contributed by atoms with van der Waals surface area (Å²) in [7, 11) is 0.